The average Bonchev–Trinajstić information content (AvgIpc) is 2.35. The van der Waals surface area contributed by atoms with Gasteiger partial charge < -0.3 is 10.5 Å². The average molecular weight is 276 g/mol. The van der Waals surface area contributed by atoms with Gasteiger partial charge in [-0.05, 0) is 61.2 Å². The number of aryl methyl sites for hydroxylation is 2. The molecule has 0 spiro atoms. The van der Waals surface area contributed by atoms with Gasteiger partial charge in [0.1, 0.15) is 11.5 Å². The molecule has 0 saturated carbocycles. The molecule has 2 nitrogen and oxygen atoms in total. The van der Waals surface area contributed by atoms with Crippen LogP contribution in [0.3, 0.4) is 0 Å². The lowest BCUT2D eigenvalue weighted by Crippen LogP contribution is -1.97. The molecule has 0 atom stereocenters. The first-order valence-electron chi connectivity index (χ1n) is 6.25. The SMILES string of the molecule is Cc1cc(C)c(C)c(Oc2ccc(CN)c(Cl)c2)c1. The monoisotopic (exact) mass is 275 g/mol. The van der Waals surface area contributed by atoms with Crippen molar-refractivity contribution in [2.45, 2.75) is 27.3 Å². The van der Waals surface area contributed by atoms with E-state index in [0.29, 0.717) is 11.6 Å². The maximum Gasteiger partial charge on any atom is 0.130 e. The highest BCUT2D eigenvalue weighted by Crippen LogP contribution is 2.30. The van der Waals surface area contributed by atoms with E-state index in [9.17, 15) is 0 Å². The van der Waals surface area contributed by atoms with Gasteiger partial charge in [-0.25, -0.2) is 0 Å². The van der Waals surface area contributed by atoms with Gasteiger partial charge in [-0.1, -0.05) is 23.7 Å². The van der Waals surface area contributed by atoms with E-state index in [-0.39, 0.29) is 0 Å². The van der Waals surface area contributed by atoms with E-state index in [1.165, 1.54) is 11.1 Å². The van der Waals surface area contributed by atoms with Crippen LogP contribution in [0.25, 0.3) is 0 Å². The molecule has 2 N–H and O–H groups in total. The Bertz CT molecular complexity index is 608. The van der Waals surface area contributed by atoms with Crippen LogP contribution in [-0.4, -0.2) is 0 Å². The van der Waals surface area contributed by atoms with Crippen molar-refractivity contribution in [1.29, 1.82) is 0 Å². The largest absolute Gasteiger partial charge is 0.457 e. The van der Waals surface area contributed by atoms with Gasteiger partial charge in [-0.2, -0.15) is 0 Å². The number of ether oxygens (including phenoxy) is 1. The summed E-state index contributed by atoms with van der Waals surface area (Å²) < 4.78 is 5.93. The smallest absolute Gasteiger partial charge is 0.130 e. The third kappa shape index (κ3) is 3.09. The van der Waals surface area contributed by atoms with Crippen molar-refractivity contribution < 1.29 is 4.74 Å². The second-order valence-electron chi connectivity index (χ2n) is 4.76. The van der Waals surface area contributed by atoms with Crippen LogP contribution < -0.4 is 10.5 Å². The Labute approximate surface area is 119 Å². The van der Waals surface area contributed by atoms with Crippen LogP contribution in [0.5, 0.6) is 11.5 Å². The van der Waals surface area contributed by atoms with Crippen LogP contribution >= 0.6 is 11.6 Å². The van der Waals surface area contributed by atoms with Crippen LogP contribution in [0.1, 0.15) is 22.3 Å². The molecule has 3 heteroatoms. The summed E-state index contributed by atoms with van der Waals surface area (Å²) in [4.78, 5) is 0. The van der Waals surface area contributed by atoms with Crippen LogP contribution in [-0.2, 0) is 6.54 Å². The third-order valence-electron chi connectivity index (χ3n) is 3.24. The predicted molar refractivity (Wildman–Crippen MR) is 80.1 cm³/mol. The lowest BCUT2D eigenvalue weighted by atomic mass is 10.1. The third-order valence-corrected chi connectivity index (χ3v) is 3.59. The van der Waals surface area contributed by atoms with Crippen LogP contribution in [0, 0.1) is 20.8 Å². The Morgan fingerprint density at radius 2 is 1.84 bits per heavy atom. The number of benzene rings is 2. The zero-order chi connectivity index (χ0) is 14.0. The molecular weight excluding hydrogens is 258 g/mol. The molecule has 2 aromatic rings. The van der Waals surface area contributed by atoms with Gasteiger partial charge in [0.25, 0.3) is 0 Å². The zero-order valence-corrected chi connectivity index (χ0v) is 12.2. The van der Waals surface area contributed by atoms with Crippen molar-refractivity contribution in [3.05, 3.63) is 57.6 Å². The van der Waals surface area contributed by atoms with E-state index < -0.39 is 0 Å². The highest BCUT2D eigenvalue weighted by molar-refractivity contribution is 6.31. The highest BCUT2D eigenvalue weighted by Gasteiger charge is 2.07. The Kier molecular flexibility index (Phi) is 4.13. The second-order valence-corrected chi connectivity index (χ2v) is 5.17. The summed E-state index contributed by atoms with van der Waals surface area (Å²) in [5, 5.41) is 0.641. The number of halogens is 1. The summed E-state index contributed by atoms with van der Waals surface area (Å²) in [5.74, 6) is 1.60. The van der Waals surface area contributed by atoms with Crippen molar-refractivity contribution in [3.63, 3.8) is 0 Å². The summed E-state index contributed by atoms with van der Waals surface area (Å²) >= 11 is 6.14. The molecular formula is C16H18ClNO. The maximum absolute atomic E-state index is 6.14. The predicted octanol–water partition coefficient (Wildman–Crippen LogP) is 4.52. The molecule has 0 heterocycles. The molecule has 0 aliphatic heterocycles. The van der Waals surface area contributed by atoms with Gasteiger partial charge in [0, 0.05) is 11.6 Å². The number of hydrogen-bond acceptors (Lipinski definition) is 2. The van der Waals surface area contributed by atoms with Gasteiger partial charge in [-0.3, -0.25) is 0 Å². The Morgan fingerprint density at radius 1 is 1.11 bits per heavy atom. The number of nitrogens with two attached hydrogens (primary N) is 1. The maximum atomic E-state index is 6.14. The molecule has 0 bridgehead atoms. The van der Waals surface area contributed by atoms with Gasteiger partial charge in [0.05, 0.1) is 0 Å². The van der Waals surface area contributed by atoms with Crippen molar-refractivity contribution in [2.75, 3.05) is 0 Å². The standard InChI is InChI=1S/C16H18ClNO/c1-10-6-11(2)12(3)16(7-10)19-14-5-4-13(9-18)15(17)8-14/h4-8H,9,18H2,1-3H3. The van der Waals surface area contributed by atoms with Crippen molar-refractivity contribution in [2.24, 2.45) is 5.73 Å². The molecule has 0 aliphatic rings. The van der Waals surface area contributed by atoms with Gasteiger partial charge in [0.15, 0.2) is 0 Å². The molecule has 19 heavy (non-hydrogen) atoms. The lowest BCUT2D eigenvalue weighted by molar-refractivity contribution is 0.478. The molecule has 0 amide bonds. The van der Waals surface area contributed by atoms with Gasteiger partial charge >= 0.3 is 0 Å². The quantitative estimate of drug-likeness (QED) is 0.894. The van der Waals surface area contributed by atoms with E-state index in [1.54, 1.807) is 6.07 Å². The van der Waals surface area contributed by atoms with Crippen LogP contribution in [0.15, 0.2) is 30.3 Å². The second kappa shape index (κ2) is 5.64. The molecule has 100 valence electrons. The fourth-order valence-corrected chi connectivity index (χ4v) is 2.24. The van der Waals surface area contributed by atoms with Crippen LogP contribution in [0.2, 0.25) is 5.02 Å². The molecule has 0 saturated heterocycles. The Hall–Kier alpha value is -1.51. The van der Waals surface area contributed by atoms with E-state index >= 15 is 0 Å². The Balaban J connectivity index is 2.33. The highest BCUT2D eigenvalue weighted by atomic mass is 35.5. The molecule has 0 radical (unpaired) electrons. The van der Waals surface area contributed by atoms with Crippen molar-refractivity contribution in [1.82, 2.24) is 0 Å². The fraction of sp³-hybridized carbons (Fsp3) is 0.250. The molecule has 0 fully saturated rings. The number of rotatable bonds is 3. The summed E-state index contributed by atoms with van der Waals surface area (Å²) in [6.07, 6.45) is 0. The first-order valence-corrected chi connectivity index (χ1v) is 6.63. The first kappa shape index (κ1) is 13.9. The first-order chi connectivity index (χ1) is 9.01. The fourth-order valence-electron chi connectivity index (χ4n) is 1.99. The topological polar surface area (TPSA) is 35.2 Å². The van der Waals surface area contributed by atoms with E-state index in [1.807, 2.05) is 18.2 Å². The van der Waals surface area contributed by atoms with E-state index in [0.717, 1.165) is 22.6 Å². The minimum absolute atomic E-state index is 0.432. The van der Waals surface area contributed by atoms with E-state index in [4.69, 9.17) is 22.1 Å². The minimum Gasteiger partial charge on any atom is -0.457 e. The molecule has 0 unspecified atom stereocenters. The Morgan fingerprint density at radius 3 is 2.47 bits per heavy atom. The molecule has 0 aromatic heterocycles. The summed E-state index contributed by atoms with van der Waals surface area (Å²) in [5.41, 5.74) is 10.1. The van der Waals surface area contributed by atoms with E-state index in [2.05, 4.69) is 26.8 Å². The van der Waals surface area contributed by atoms with Crippen LogP contribution in [0.4, 0.5) is 0 Å². The molecule has 2 aromatic carbocycles. The normalized spacial score (nSPS) is 10.6. The molecule has 0 aliphatic carbocycles. The van der Waals surface area contributed by atoms with Crippen molar-refractivity contribution in [3.8, 4) is 11.5 Å². The van der Waals surface area contributed by atoms with Gasteiger partial charge in [0.2, 0.25) is 0 Å². The lowest BCUT2D eigenvalue weighted by Gasteiger charge is -2.13. The minimum atomic E-state index is 0.432. The number of hydrogen-bond donors (Lipinski definition) is 1. The molecule has 2 rings (SSSR count). The van der Waals surface area contributed by atoms with Gasteiger partial charge in [-0.15, -0.1) is 0 Å². The zero-order valence-electron chi connectivity index (χ0n) is 11.5. The summed E-state index contributed by atoms with van der Waals surface area (Å²) in [6, 6.07) is 9.78. The summed E-state index contributed by atoms with van der Waals surface area (Å²) in [7, 11) is 0. The van der Waals surface area contributed by atoms with Crippen molar-refractivity contribution >= 4 is 11.6 Å². The summed E-state index contributed by atoms with van der Waals surface area (Å²) in [6.45, 7) is 6.63.